The molecule has 5 aromatic rings. The molecule has 1 fully saturated rings. The summed E-state index contributed by atoms with van der Waals surface area (Å²) in [5.41, 5.74) is 2.90. The maximum absolute atomic E-state index is 13.7. The molecule has 0 saturated carbocycles. The molecule has 3 N–H and O–H groups in total. The van der Waals surface area contributed by atoms with Crippen LogP contribution >= 0.6 is 15.9 Å². The quantitative estimate of drug-likeness (QED) is 0.0731. The number of carbonyl (C=O) groups is 2. The van der Waals surface area contributed by atoms with Gasteiger partial charge in [0, 0.05) is 34.6 Å². The van der Waals surface area contributed by atoms with Gasteiger partial charge in [-0.25, -0.2) is 15.0 Å². The maximum atomic E-state index is 13.7. The number of nitrogens with zero attached hydrogens (tertiary/aromatic N) is 4. The lowest BCUT2D eigenvalue weighted by molar-refractivity contribution is -0.135. The van der Waals surface area contributed by atoms with Crippen molar-refractivity contribution in [3.05, 3.63) is 86.6 Å². The summed E-state index contributed by atoms with van der Waals surface area (Å²) in [4.78, 5) is 51.9. The Labute approximate surface area is 310 Å². The van der Waals surface area contributed by atoms with E-state index in [2.05, 4.69) is 60.9 Å². The molecule has 2 amide bonds. The average molecular weight is 771 g/mol. The molecule has 1 saturated heterocycles. The number of carbonyl (C=O) groups excluding carboxylic acids is 2. The van der Waals surface area contributed by atoms with Gasteiger partial charge in [-0.3, -0.25) is 24.3 Å². The molecule has 0 spiro atoms. The Morgan fingerprint density at radius 3 is 2.52 bits per heavy atom. The third-order valence-corrected chi connectivity index (χ3v) is 9.81. The van der Waals surface area contributed by atoms with Crippen molar-refractivity contribution >= 4 is 61.1 Å². The van der Waals surface area contributed by atoms with E-state index in [1.165, 1.54) is 4.57 Å². The van der Waals surface area contributed by atoms with Gasteiger partial charge in [0.1, 0.15) is 23.5 Å². The van der Waals surface area contributed by atoms with E-state index in [0.29, 0.717) is 52.9 Å². The summed E-state index contributed by atoms with van der Waals surface area (Å²) >= 11 is 3.56. The van der Waals surface area contributed by atoms with E-state index in [1.54, 1.807) is 20.1 Å². The van der Waals surface area contributed by atoms with Gasteiger partial charge in [0.05, 0.1) is 36.2 Å². The van der Waals surface area contributed by atoms with E-state index in [9.17, 15) is 14.4 Å². The molecule has 1 aliphatic heterocycles. The molecular weight excluding hydrogens is 726 g/mol. The van der Waals surface area contributed by atoms with Gasteiger partial charge in [-0.15, -0.1) is 0 Å². The van der Waals surface area contributed by atoms with E-state index in [1.807, 2.05) is 43.3 Å². The minimum atomic E-state index is -0.757. The number of benzene rings is 3. The van der Waals surface area contributed by atoms with Crippen molar-refractivity contribution in [1.29, 1.82) is 0 Å². The largest absolute Gasteiger partial charge is 0.493 e. The summed E-state index contributed by atoms with van der Waals surface area (Å²) in [5, 5.41) is 10.6. The van der Waals surface area contributed by atoms with Gasteiger partial charge >= 0.3 is 0 Å². The Balaban J connectivity index is 0.997. The first-order valence-electron chi connectivity index (χ1n) is 17.7. The monoisotopic (exact) mass is 769 g/mol. The fourth-order valence-corrected chi connectivity index (χ4v) is 7.08. The molecule has 52 heavy (non-hydrogen) atoms. The summed E-state index contributed by atoms with van der Waals surface area (Å²) in [7, 11) is 1.64. The van der Waals surface area contributed by atoms with Crippen LogP contribution in [0.3, 0.4) is 0 Å². The molecule has 2 unspecified atom stereocenters. The van der Waals surface area contributed by atoms with Gasteiger partial charge in [-0.2, -0.15) is 0 Å². The number of piperidine rings is 1. The van der Waals surface area contributed by atoms with Gasteiger partial charge in [0.15, 0.2) is 11.5 Å². The molecule has 12 nitrogen and oxygen atoms in total. The number of halogens is 1. The Kier molecular flexibility index (Phi) is 11.7. The second-order valence-corrected chi connectivity index (χ2v) is 14.0. The van der Waals surface area contributed by atoms with Crippen molar-refractivity contribution < 1.29 is 19.1 Å². The minimum absolute atomic E-state index is 0.0254. The van der Waals surface area contributed by atoms with Gasteiger partial charge < -0.3 is 20.1 Å². The predicted molar refractivity (Wildman–Crippen MR) is 206 cm³/mol. The average Bonchev–Trinajstić information content (AvgIpc) is 3.11. The summed E-state index contributed by atoms with van der Waals surface area (Å²) < 4.78 is 14.3. The zero-order chi connectivity index (χ0) is 36.8. The number of unbranched alkanes of at least 4 members (excludes halogenated alkanes) is 4. The van der Waals surface area contributed by atoms with E-state index in [0.717, 1.165) is 58.9 Å². The van der Waals surface area contributed by atoms with Crippen LogP contribution < -0.4 is 31.0 Å². The van der Waals surface area contributed by atoms with Crippen LogP contribution in [-0.2, 0) is 9.59 Å². The third-order valence-electron chi connectivity index (χ3n) is 9.32. The number of hydrogen-bond acceptors (Lipinski definition) is 10. The van der Waals surface area contributed by atoms with Crippen molar-refractivity contribution in [2.45, 2.75) is 77.8 Å². The van der Waals surface area contributed by atoms with Crippen LogP contribution in [0.2, 0.25) is 0 Å². The highest BCUT2D eigenvalue weighted by atomic mass is 79.9. The number of fused-ring (bicyclic) bond motifs is 2. The second-order valence-electron chi connectivity index (χ2n) is 13.1. The number of aryl methyl sites for hydroxylation is 2. The van der Waals surface area contributed by atoms with Crippen LogP contribution in [0.1, 0.15) is 81.2 Å². The van der Waals surface area contributed by atoms with Crippen molar-refractivity contribution in [3.63, 3.8) is 0 Å². The molecule has 2 aromatic heterocycles. The number of anilines is 2. The summed E-state index contributed by atoms with van der Waals surface area (Å²) in [6.07, 6.45) is 5.33. The first-order valence-corrected chi connectivity index (χ1v) is 18.5. The van der Waals surface area contributed by atoms with Crippen LogP contribution in [-0.4, -0.2) is 51.6 Å². The minimum Gasteiger partial charge on any atom is -0.493 e. The molecule has 6 rings (SSSR count). The molecule has 0 radical (unpaired) electrons. The molecule has 0 bridgehead atoms. The number of imide groups is 1. The van der Waals surface area contributed by atoms with Gasteiger partial charge in [-0.1, -0.05) is 53.4 Å². The van der Waals surface area contributed by atoms with Crippen LogP contribution in [0.15, 0.2) is 63.9 Å². The molecule has 0 aliphatic carbocycles. The number of methoxy groups -OCH3 is 1. The lowest BCUT2D eigenvalue weighted by Crippen LogP contribution is -2.45. The highest BCUT2D eigenvalue weighted by Gasteiger charge is 2.30. The van der Waals surface area contributed by atoms with Crippen LogP contribution in [0, 0.1) is 13.8 Å². The van der Waals surface area contributed by atoms with E-state index in [4.69, 9.17) is 14.5 Å². The number of hydrogen-bond donors (Lipinski definition) is 3. The number of ether oxygens (including phenoxy) is 2. The Morgan fingerprint density at radius 1 is 0.942 bits per heavy atom. The molecular formula is C39H44BrN7O5. The summed E-state index contributed by atoms with van der Waals surface area (Å²) in [6.45, 7) is 6.94. The van der Waals surface area contributed by atoms with Crippen LogP contribution in [0.4, 0.5) is 11.5 Å². The lowest BCUT2D eigenvalue weighted by Gasteiger charge is -2.24. The van der Waals surface area contributed by atoms with Crippen molar-refractivity contribution in [2.75, 3.05) is 30.9 Å². The molecule has 13 heteroatoms. The first-order chi connectivity index (χ1) is 25.1. The summed E-state index contributed by atoms with van der Waals surface area (Å²) in [6, 6.07) is 16.9. The normalized spacial score (nSPS) is 15.1. The number of nitrogens with one attached hydrogen (secondary N) is 3. The van der Waals surface area contributed by atoms with Crippen LogP contribution in [0.25, 0.3) is 21.8 Å². The van der Waals surface area contributed by atoms with E-state index >= 15 is 0 Å². The second kappa shape index (κ2) is 16.5. The third kappa shape index (κ3) is 8.36. The lowest BCUT2D eigenvalue weighted by atomic mass is 10.1. The van der Waals surface area contributed by atoms with E-state index < -0.39 is 11.9 Å². The summed E-state index contributed by atoms with van der Waals surface area (Å²) in [5.74, 6) is 2.35. The predicted octanol–water partition coefficient (Wildman–Crippen LogP) is 7.32. The zero-order valence-electron chi connectivity index (χ0n) is 29.9. The fourth-order valence-electron chi connectivity index (χ4n) is 6.66. The number of rotatable bonds is 15. The molecule has 2 atom stereocenters. The Bertz CT molecular complexity index is 2170. The van der Waals surface area contributed by atoms with E-state index in [-0.39, 0.29) is 30.3 Å². The molecule has 3 heterocycles. The maximum Gasteiger partial charge on any atom is 0.264 e. The van der Waals surface area contributed by atoms with Gasteiger partial charge in [-0.05, 0) is 75.9 Å². The topological polar surface area (TPSA) is 149 Å². The van der Waals surface area contributed by atoms with Crippen LogP contribution in [0.5, 0.6) is 11.5 Å². The smallest absolute Gasteiger partial charge is 0.264 e. The van der Waals surface area contributed by atoms with Gasteiger partial charge in [0.25, 0.3) is 5.56 Å². The fraction of sp³-hybridized carbons (Fsp3) is 0.385. The Hall–Kier alpha value is -5.04. The van der Waals surface area contributed by atoms with Gasteiger partial charge in [0.2, 0.25) is 11.8 Å². The van der Waals surface area contributed by atoms with Crippen molar-refractivity contribution in [1.82, 2.24) is 24.8 Å². The number of aromatic nitrogens is 4. The standard InChI is InChI=1S/C39H44BrN7O5/c1-23(26-12-10-13-27(40)20-26)42-37-28-21-33(51-4)34(22-31(28)43-24(2)44-37)52-19-9-7-5-6-8-18-41-29-14-11-15-30-36(29)39(50)47(25(3)45-30)32-16-17-35(48)46-38(32)49/h10-15,20-23,32,41H,5-9,16-19H2,1-4H3,(H,42,43,44)(H,46,48,49). The van der Waals surface area contributed by atoms with Crippen molar-refractivity contribution in [2.24, 2.45) is 0 Å². The molecule has 1 aliphatic rings. The molecule has 3 aromatic carbocycles. The molecule has 272 valence electrons. The SMILES string of the molecule is COc1cc2c(NC(C)c3cccc(Br)c3)nc(C)nc2cc1OCCCCCCCNc1cccc2nc(C)n(C3CCC(=O)NC3=O)c(=O)c12. The van der Waals surface area contributed by atoms with Crippen molar-refractivity contribution in [3.8, 4) is 11.5 Å². The highest BCUT2D eigenvalue weighted by molar-refractivity contribution is 9.10. The highest BCUT2D eigenvalue weighted by Crippen LogP contribution is 2.36. The Morgan fingerprint density at radius 2 is 1.73 bits per heavy atom. The first kappa shape index (κ1) is 36.7. The zero-order valence-corrected chi connectivity index (χ0v) is 31.5. The number of amides is 2.